The van der Waals surface area contributed by atoms with Gasteiger partial charge in [0.05, 0.1) is 12.1 Å². The van der Waals surface area contributed by atoms with Crippen LogP contribution < -0.4 is 5.32 Å². The van der Waals surface area contributed by atoms with E-state index in [-0.39, 0.29) is 0 Å². The van der Waals surface area contributed by atoms with Gasteiger partial charge in [-0.25, -0.2) is 4.98 Å². The number of anilines is 1. The molecule has 0 bridgehead atoms. The lowest BCUT2D eigenvalue weighted by Gasteiger charge is -2.18. The zero-order valence-corrected chi connectivity index (χ0v) is 11.0. The highest BCUT2D eigenvalue weighted by Crippen LogP contribution is 2.39. The van der Waals surface area contributed by atoms with Crippen LogP contribution in [0.2, 0.25) is 0 Å². The molecule has 1 aliphatic heterocycles. The maximum absolute atomic E-state index is 5.81. The first-order valence-electron chi connectivity index (χ1n) is 6.57. The summed E-state index contributed by atoms with van der Waals surface area (Å²) in [6.07, 6.45) is 6.26. The minimum Gasteiger partial charge on any atom is -0.376 e. The Balaban J connectivity index is 1.60. The molecule has 0 radical (unpaired) electrons. The van der Waals surface area contributed by atoms with Gasteiger partial charge in [-0.15, -0.1) is 0 Å². The molecule has 1 aliphatic carbocycles. The quantitative estimate of drug-likeness (QED) is 0.875. The summed E-state index contributed by atoms with van der Waals surface area (Å²) < 4.78 is 10.2. The molecule has 2 heterocycles. The average Bonchev–Trinajstić information content (AvgIpc) is 2.91. The number of hydrogen-bond donors (Lipinski definition) is 1. The van der Waals surface area contributed by atoms with Crippen molar-refractivity contribution in [1.29, 1.82) is 0 Å². The maximum Gasteiger partial charge on any atom is 0.202 e. The third kappa shape index (κ3) is 2.60. The molecule has 94 valence electrons. The van der Waals surface area contributed by atoms with Gasteiger partial charge in [-0.3, -0.25) is 0 Å². The number of hydrogen-bond acceptors (Lipinski definition) is 5. The van der Waals surface area contributed by atoms with Crippen molar-refractivity contribution in [3.8, 4) is 0 Å². The van der Waals surface area contributed by atoms with Gasteiger partial charge in [0.1, 0.15) is 5.82 Å². The van der Waals surface area contributed by atoms with Crippen LogP contribution in [0.25, 0.3) is 0 Å². The molecule has 4 nitrogen and oxygen atoms in total. The molecule has 0 spiro atoms. The van der Waals surface area contributed by atoms with Gasteiger partial charge in [0.15, 0.2) is 0 Å². The van der Waals surface area contributed by atoms with E-state index in [4.69, 9.17) is 4.74 Å². The van der Waals surface area contributed by atoms with Gasteiger partial charge in [0.25, 0.3) is 0 Å². The number of aryl methyl sites for hydroxylation is 1. The lowest BCUT2D eigenvalue weighted by Crippen LogP contribution is -2.30. The molecule has 0 amide bonds. The van der Waals surface area contributed by atoms with Crippen LogP contribution in [0.3, 0.4) is 0 Å². The summed E-state index contributed by atoms with van der Waals surface area (Å²) in [6, 6.07) is 0.449. The van der Waals surface area contributed by atoms with E-state index in [0.717, 1.165) is 42.7 Å². The molecule has 1 saturated heterocycles. The number of nitrogens with one attached hydrogen (secondary N) is 1. The molecule has 1 aromatic rings. The van der Waals surface area contributed by atoms with E-state index in [0.29, 0.717) is 12.1 Å². The summed E-state index contributed by atoms with van der Waals surface area (Å²) in [5.74, 6) is 1.76. The Labute approximate surface area is 106 Å². The van der Waals surface area contributed by atoms with Crippen LogP contribution in [0.1, 0.15) is 38.4 Å². The zero-order chi connectivity index (χ0) is 11.7. The number of nitrogens with zero attached hydrogens (tertiary/aromatic N) is 2. The second-order valence-electron chi connectivity index (χ2n) is 4.98. The minimum atomic E-state index is 0.411. The molecule has 2 fully saturated rings. The van der Waals surface area contributed by atoms with Gasteiger partial charge in [-0.1, -0.05) is 6.92 Å². The highest BCUT2D eigenvalue weighted by atomic mass is 32.1. The lowest BCUT2D eigenvalue weighted by molar-refractivity contribution is 0.0898. The topological polar surface area (TPSA) is 47.0 Å². The van der Waals surface area contributed by atoms with Crippen molar-refractivity contribution in [2.24, 2.45) is 5.92 Å². The van der Waals surface area contributed by atoms with Gasteiger partial charge >= 0.3 is 0 Å². The molecule has 1 N–H and O–H groups in total. The Morgan fingerprint density at radius 3 is 3.06 bits per heavy atom. The second kappa shape index (κ2) is 4.90. The Bertz CT molecular complexity index is 378. The van der Waals surface area contributed by atoms with Crippen LogP contribution in [-0.2, 0) is 11.2 Å². The molecule has 5 heteroatoms. The predicted molar refractivity (Wildman–Crippen MR) is 68.4 cm³/mol. The fourth-order valence-corrected chi connectivity index (χ4v) is 3.13. The van der Waals surface area contributed by atoms with Crippen LogP contribution in [0.4, 0.5) is 5.13 Å². The first-order valence-corrected chi connectivity index (χ1v) is 7.35. The van der Waals surface area contributed by atoms with E-state index in [1.54, 1.807) is 0 Å². The van der Waals surface area contributed by atoms with Crippen LogP contribution in [0.5, 0.6) is 0 Å². The third-order valence-electron chi connectivity index (χ3n) is 3.47. The van der Waals surface area contributed by atoms with E-state index in [1.165, 1.54) is 24.4 Å². The number of rotatable bonds is 5. The average molecular weight is 253 g/mol. The van der Waals surface area contributed by atoms with Crippen molar-refractivity contribution in [3.05, 3.63) is 5.82 Å². The van der Waals surface area contributed by atoms with Crippen LogP contribution in [0, 0.1) is 5.92 Å². The third-order valence-corrected chi connectivity index (χ3v) is 4.16. The van der Waals surface area contributed by atoms with E-state index >= 15 is 0 Å². The summed E-state index contributed by atoms with van der Waals surface area (Å²) in [6.45, 7) is 3.04. The molecular formula is C12H19N3OS. The number of aromatic nitrogens is 2. The highest BCUT2D eigenvalue weighted by Gasteiger charge is 2.40. The van der Waals surface area contributed by atoms with Crippen LogP contribution >= 0.6 is 11.5 Å². The maximum atomic E-state index is 5.81. The Morgan fingerprint density at radius 2 is 2.29 bits per heavy atom. The minimum absolute atomic E-state index is 0.411. The van der Waals surface area contributed by atoms with Crippen molar-refractivity contribution >= 4 is 16.7 Å². The van der Waals surface area contributed by atoms with Crippen molar-refractivity contribution in [2.75, 3.05) is 11.9 Å². The Morgan fingerprint density at radius 1 is 1.41 bits per heavy atom. The lowest BCUT2D eigenvalue weighted by atomic mass is 10.1. The van der Waals surface area contributed by atoms with Gasteiger partial charge in [-0.2, -0.15) is 4.37 Å². The van der Waals surface area contributed by atoms with E-state index in [1.807, 2.05) is 0 Å². The molecule has 3 rings (SSSR count). The van der Waals surface area contributed by atoms with Crippen LogP contribution in [0.15, 0.2) is 0 Å². The Kier molecular flexibility index (Phi) is 3.29. The van der Waals surface area contributed by atoms with Gasteiger partial charge in [0, 0.05) is 24.6 Å². The summed E-state index contributed by atoms with van der Waals surface area (Å²) in [5.41, 5.74) is 0. The van der Waals surface area contributed by atoms with Gasteiger partial charge in [0.2, 0.25) is 5.13 Å². The summed E-state index contributed by atoms with van der Waals surface area (Å²) in [7, 11) is 0. The molecular weight excluding hydrogens is 234 g/mol. The normalized spacial score (nSPS) is 28.5. The first-order chi connectivity index (χ1) is 8.36. The van der Waals surface area contributed by atoms with Crippen molar-refractivity contribution in [3.63, 3.8) is 0 Å². The van der Waals surface area contributed by atoms with Crippen molar-refractivity contribution < 1.29 is 4.74 Å². The summed E-state index contributed by atoms with van der Waals surface area (Å²) in [5, 5.41) is 4.48. The molecule has 2 aliphatic rings. The Hall–Kier alpha value is -0.680. The SMILES string of the molecule is CCCc1nsc(NC2CCOC2C2CC2)n1. The standard InChI is InChI=1S/C12H19N3OS/c1-2-3-10-14-12(17-15-10)13-9-6-7-16-11(9)8-4-5-8/h8-9,11H,2-7H2,1H3,(H,13,14,15). The largest absolute Gasteiger partial charge is 0.376 e. The fraction of sp³-hybridized carbons (Fsp3) is 0.833. The highest BCUT2D eigenvalue weighted by molar-refractivity contribution is 7.09. The number of ether oxygens (including phenoxy) is 1. The van der Waals surface area contributed by atoms with Gasteiger partial charge in [-0.05, 0) is 31.6 Å². The smallest absolute Gasteiger partial charge is 0.202 e. The van der Waals surface area contributed by atoms with E-state index in [2.05, 4.69) is 21.6 Å². The van der Waals surface area contributed by atoms with Gasteiger partial charge < -0.3 is 10.1 Å². The zero-order valence-electron chi connectivity index (χ0n) is 10.2. The first kappa shape index (κ1) is 11.4. The van der Waals surface area contributed by atoms with E-state index < -0.39 is 0 Å². The fourth-order valence-electron chi connectivity index (χ4n) is 2.45. The molecule has 0 aromatic carbocycles. The van der Waals surface area contributed by atoms with Crippen LogP contribution in [-0.4, -0.2) is 28.1 Å². The molecule has 1 saturated carbocycles. The predicted octanol–water partition coefficient (Wildman–Crippen LogP) is 2.47. The second-order valence-corrected chi connectivity index (χ2v) is 5.73. The molecule has 2 unspecified atom stereocenters. The molecule has 1 aromatic heterocycles. The van der Waals surface area contributed by atoms with E-state index in [9.17, 15) is 0 Å². The summed E-state index contributed by atoms with van der Waals surface area (Å²) >= 11 is 1.48. The molecule has 17 heavy (non-hydrogen) atoms. The molecule has 2 atom stereocenters. The summed E-state index contributed by atoms with van der Waals surface area (Å²) in [4.78, 5) is 4.52. The van der Waals surface area contributed by atoms with Crippen molar-refractivity contribution in [2.45, 2.75) is 51.2 Å². The monoisotopic (exact) mass is 253 g/mol. The van der Waals surface area contributed by atoms with Crippen molar-refractivity contribution in [1.82, 2.24) is 9.36 Å².